The molecule has 0 aliphatic rings. The number of rotatable bonds is 2. The van der Waals surface area contributed by atoms with Crippen LogP contribution in [0.15, 0.2) is 11.3 Å². The molecule has 0 radical (unpaired) electrons. The van der Waals surface area contributed by atoms with Gasteiger partial charge in [-0.15, -0.1) is 0 Å². The van der Waals surface area contributed by atoms with E-state index in [0.29, 0.717) is 10.7 Å². The lowest BCUT2D eigenvalue weighted by atomic mass is 10.2. The summed E-state index contributed by atoms with van der Waals surface area (Å²) in [6.07, 6.45) is 0. The molecular weight excluding hydrogens is 174 g/mol. The Balaban J connectivity index is 4.76. The van der Waals surface area contributed by atoms with E-state index in [1.54, 1.807) is 19.9 Å². The Morgan fingerprint density at radius 3 is 2.33 bits per heavy atom. The van der Waals surface area contributed by atoms with Gasteiger partial charge in [0.15, 0.2) is 0 Å². The van der Waals surface area contributed by atoms with Crippen molar-refractivity contribution in [1.29, 1.82) is 5.26 Å². The fourth-order valence-corrected chi connectivity index (χ4v) is 0.803. The molecule has 0 aromatic rings. The topological polar surface area (TPSA) is 78.9 Å². The van der Waals surface area contributed by atoms with Gasteiger partial charge in [-0.25, -0.2) is 0 Å². The van der Waals surface area contributed by atoms with E-state index in [1.807, 2.05) is 0 Å². The Hall–Kier alpha value is -1.41. The average molecular weight is 183 g/mol. The first kappa shape index (κ1) is 10.6. The van der Waals surface area contributed by atoms with Crippen molar-refractivity contribution in [3.63, 3.8) is 0 Å². The van der Waals surface area contributed by atoms with Crippen LogP contribution in [0, 0.1) is 11.3 Å². The standard InChI is InChI=1S/C7H9N3OS/c1-4(10-5(2)12)6(3-8)7(9)11/h1-2H3,(H2,9,11)(H,10,12)/b6-4-. The van der Waals surface area contributed by atoms with E-state index >= 15 is 0 Å². The van der Waals surface area contributed by atoms with Crippen molar-refractivity contribution in [2.45, 2.75) is 13.8 Å². The lowest BCUT2D eigenvalue weighted by Gasteiger charge is -2.03. The van der Waals surface area contributed by atoms with Crippen molar-refractivity contribution in [1.82, 2.24) is 5.32 Å². The largest absolute Gasteiger partial charge is 0.365 e. The minimum Gasteiger partial charge on any atom is -0.365 e. The third-order valence-corrected chi connectivity index (χ3v) is 1.20. The van der Waals surface area contributed by atoms with E-state index in [2.05, 4.69) is 5.32 Å². The number of carbonyl (C=O) groups excluding carboxylic acids is 1. The molecule has 0 fully saturated rings. The predicted molar refractivity (Wildman–Crippen MR) is 48.9 cm³/mol. The molecule has 0 aliphatic carbocycles. The first-order valence-corrected chi connectivity index (χ1v) is 3.58. The molecule has 64 valence electrons. The molecule has 0 saturated carbocycles. The fraction of sp³-hybridized carbons (Fsp3) is 0.286. The number of hydrogen-bond donors (Lipinski definition) is 2. The normalized spacial score (nSPS) is 11.1. The molecule has 1 amide bonds. The van der Waals surface area contributed by atoms with Crippen LogP contribution in [-0.4, -0.2) is 10.9 Å². The van der Waals surface area contributed by atoms with Gasteiger partial charge in [0.2, 0.25) is 0 Å². The smallest absolute Gasteiger partial charge is 0.261 e. The minimum absolute atomic E-state index is 0.0980. The van der Waals surface area contributed by atoms with E-state index in [0.717, 1.165) is 0 Å². The Morgan fingerprint density at radius 1 is 1.58 bits per heavy atom. The highest BCUT2D eigenvalue weighted by molar-refractivity contribution is 7.80. The van der Waals surface area contributed by atoms with Crippen LogP contribution in [0.1, 0.15) is 13.8 Å². The van der Waals surface area contributed by atoms with Gasteiger partial charge in [0, 0.05) is 5.70 Å². The second kappa shape index (κ2) is 4.46. The maximum atomic E-state index is 10.6. The van der Waals surface area contributed by atoms with Crippen molar-refractivity contribution in [2.24, 2.45) is 5.73 Å². The molecule has 0 heterocycles. The van der Waals surface area contributed by atoms with Crippen LogP contribution in [0.5, 0.6) is 0 Å². The average Bonchev–Trinajstić information content (AvgIpc) is 1.85. The van der Waals surface area contributed by atoms with Gasteiger partial charge >= 0.3 is 0 Å². The SMILES string of the molecule is CC(=S)N/C(C)=C(/C#N)C(N)=O. The molecule has 0 atom stereocenters. The summed E-state index contributed by atoms with van der Waals surface area (Å²) in [5.74, 6) is -0.751. The van der Waals surface area contributed by atoms with E-state index in [-0.39, 0.29) is 5.57 Å². The van der Waals surface area contributed by atoms with Crippen LogP contribution >= 0.6 is 12.2 Å². The van der Waals surface area contributed by atoms with E-state index in [9.17, 15) is 4.79 Å². The Morgan fingerprint density at radius 2 is 2.08 bits per heavy atom. The molecular formula is C7H9N3OS. The number of carbonyl (C=O) groups is 1. The molecule has 0 saturated heterocycles. The number of amides is 1. The lowest BCUT2D eigenvalue weighted by molar-refractivity contribution is -0.114. The molecule has 0 rings (SSSR count). The highest BCUT2D eigenvalue weighted by Gasteiger charge is 2.07. The zero-order valence-corrected chi connectivity index (χ0v) is 7.66. The van der Waals surface area contributed by atoms with E-state index in [1.165, 1.54) is 0 Å². The highest BCUT2D eigenvalue weighted by Crippen LogP contribution is 1.98. The zero-order chi connectivity index (χ0) is 9.72. The van der Waals surface area contributed by atoms with Gasteiger partial charge in [0.1, 0.15) is 11.6 Å². The Bertz CT molecular complexity index is 288. The Labute approximate surface area is 76.0 Å². The maximum Gasteiger partial charge on any atom is 0.261 e. The third-order valence-electron chi connectivity index (χ3n) is 1.10. The predicted octanol–water partition coefficient (Wildman–Crippen LogP) is 0.206. The van der Waals surface area contributed by atoms with Gasteiger partial charge in [-0.05, 0) is 13.8 Å². The molecule has 3 N–H and O–H groups in total. The first-order chi connectivity index (χ1) is 5.49. The number of nitrogens with two attached hydrogens (primary N) is 1. The molecule has 0 bridgehead atoms. The van der Waals surface area contributed by atoms with Gasteiger partial charge in [-0.2, -0.15) is 5.26 Å². The van der Waals surface area contributed by atoms with Crippen molar-refractivity contribution < 1.29 is 4.79 Å². The fourth-order valence-electron chi connectivity index (χ4n) is 0.650. The van der Waals surface area contributed by atoms with Gasteiger partial charge < -0.3 is 11.1 Å². The summed E-state index contributed by atoms with van der Waals surface area (Å²) in [6, 6.07) is 1.69. The number of nitrogens with one attached hydrogen (secondary N) is 1. The van der Waals surface area contributed by atoms with Crippen molar-refractivity contribution in [3.8, 4) is 6.07 Å². The second-order valence-corrected chi connectivity index (χ2v) is 2.77. The van der Waals surface area contributed by atoms with Crippen LogP contribution in [0.25, 0.3) is 0 Å². The zero-order valence-electron chi connectivity index (χ0n) is 6.84. The van der Waals surface area contributed by atoms with Crippen LogP contribution in [-0.2, 0) is 4.79 Å². The summed E-state index contributed by atoms with van der Waals surface area (Å²) >= 11 is 4.72. The van der Waals surface area contributed by atoms with E-state index in [4.69, 9.17) is 23.2 Å². The first-order valence-electron chi connectivity index (χ1n) is 3.17. The van der Waals surface area contributed by atoms with Crippen molar-refractivity contribution in [2.75, 3.05) is 0 Å². The molecule has 12 heavy (non-hydrogen) atoms. The monoisotopic (exact) mass is 183 g/mol. The van der Waals surface area contributed by atoms with Crippen LogP contribution in [0.2, 0.25) is 0 Å². The number of nitrogens with zero attached hydrogens (tertiary/aromatic N) is 1. The summed E-state index contributed by atoms with van der Waals surface area (Å²) in [4.78, 5) is 11.1. The third kappa shape index (κ3) is 3.12. The van der Waals surface area contributed by atoms with E-state index < -0.39 is 5.91 Å². The number of primary amides is 1. The molecule has 0 unspecified atom stereocenters. The minimum atomic E-state index is -0.751. The molecule has 4 nitrogen and oxygen atoms in total. The quantitative estimate of drug-likeness (QED) is 0.364. The number of thiocarbonyl (C=S) groups is 1. The summed E-state index contributed by atoms with van der Waals surface area (Å²) < 4.78 is 0. The molecule has 0 aromatic heterocycles. The highest BCUT2D eigenvalue weighted by atomic mass is 32.1. The molecule has 0 aliphatic heterocycles. The van der Waals surface area contributed by atoms with Crippen LogP contribution in [0.4, 0.5) is 0 Å². The van der Waals surface area contributed by atoms with Crippen LogP contribution in [0.3, 0.4) is 0 Å². The summed E-state index contributed by atoms with van der Waals surface area (Å²) in [5, 5.41) is 11.2. The summed E-state index contributed by atoms with van der Waals surface area (Å²) in [6.45, 7) is 3.22. The van der Waals surface area contributed by atoms with Gasteiger partial charge in [0.05, 0.1) is 4.99 Å². The second-order valence-electron chi connectivity index (χ2n) is 2.16. The summed E-state index contributed by atoms with van der Waals surface area (Å²) in [7, 11) is 0. The lowest BCUT2D eigenvalue weighted by Crippen LogP contribution is -2.22. The van der Waals surface area contributed by atoms with Gasteiger partial charge in [0.25, 0.3) is 5.91 Å². The van der Waals surface area contributed by atoms with Gasteiger partial charge in [-0.3, -0.25) is 4.79 Å². The maximum absolute atomic E-state index is 10.6. The molecule has 5 heteroatoms. The molecule has 0 spiro atoms. The van der Waals surface area contributed by atoms with Crippen LogP contribution < -0.4 is 11.1 Å². The molecule has 0 aromatic carbocycles. The van der Waals surface area contributed by atoms with Crippen molar-refractivity contribution >= 4 is 23.1 Å². The number of allylic oxidation sites excluding steroid dienone is 1. The Kier molecular flexibility index (Phi) is 3.94. The van der Waals surface area contributed by atoms with Crippen molar-refractivity contribution in [3.05, 3.63) is 11.3 Å². The summed E-state index contributed by atoms with van der Waals surface area (Å²) in [5.41, 5.74) is 5.21. The number of nitriles is 1. The van der Waals surface area contributed by atoms with Gasteiger partial charge in [-0.1, -0.05) is 12.2 Å². The number of hydrogen-bond acceptors (Lipinski definition) is 3.